The Bertz CT molecular complexity index is 753. The molecule has 1 N–H and O–H groups in total. The van der Waals surface area contributed by atoms with Gasteiger partial charge in [0.15, 0.2) is 0 Å². The average Bonchev–Trinajstić information content (AvgIpc) is 3.04. The first-order valence-electron chi connectivity index (χ1n) is 8.74. The van der Waals surface area contributed by atoms with Gasteiger partial charge in [-0.25, -0.2) is 9.97 Å². The van der Waals surface area contributed by atoms with Crippen molar-refractivity contribution in [3.8, 4) is 11.3 Å². The van der Waals surface area contributed by atoms with Crippen LogP contribution in [0.15, 0.2) is 30.7 Å². The first-order valence-corrected chi connectivity index (χ1v) is 8.74. The Hall–Kier alpha value is -2.27. The van der Waals surface area contributed by atoms with Crippen molar-refractivity contribution in [3.63, 3.8) is 0 Å². The van der Waals surface area contributed by atoms with Crippen molar-refractivity contribution >= 4 is 11.6 Å². The minimum Gasteiger partial charge on any atom is -0.325 e. The number of benzene rings is 1. The highest BCUT2D eigenvalue weighted by Gasteiger charge is 2.20. The van der Waals surface area contributed by atoms with Crippen LogP contribution in [0.1, 0.15) is 30.4 Å². The number of hydrogen-bond acceptors (Lipinski definition) is 4. The summed E-state index contributed by atoms with van der Waals surface area (Å²) in [4.78, 5) is 23.1. The van der Waals surface area contributed by atoms with E-state index < -0.39 is 0 Å². The number of nitrogens with zero attached hydrogens (tertiary/aromatic N) is 3. The molecule has 0 aliphatic carbocycles. The highest BCUT2D eigenvalue weighted by atomic mass is 16.1. The Morgan fingerprint density at radius 3 is 2.96 bits per heavy atom. The lowest BCUT2D eigenvalue weighted by Crippen LogP contribution is -2.20. The molecule has 1 aromatic carbocycles. The molecule has 0 bridgehead atoms. The lowest BCUT2D eigenvalue weighted by atomic mass is 10.0. The van der Waals surface area contributed by atoms with Crippen LogP contribution in [-0.2, 0) is 17.6 Å². The van der Waals surface area contributed by atoms with E-state index >= 15 is 0 Å². The number of nitrogens with one attached hydrogen (secondary N) is 1. The third-order valence-corrected chi connectivity index (χ3v) is 4.89. The van der Waals surface area contributed by atoms with Crippen LogP contribution in [0.3, 0.4) is 0 Å². The van der Waals surface area contributed by atoms with Gasteiger partial charge in [-0.1, -0.05) is 12.1 Å². The summed E-state index contributed by atoms with van der Waals surface area (Å²) in [7, 11) is 0. The molecule has 0 atom stereocenters. The molecule has 2 aliphatic rings. The van der Waals surface area contributed by atoms with Crippen LogP contribution in [0, 0.1) is 0 Å². The largest absolute Gasteiger partial charge is 0.325 e. The maximum atomic E-state index is 12.1. The van der Waals surface area contributed by atoms with Crippen LogP contribution < -0.4 is 5.32 Å². The molecule has 5 nitrogen and oxygen atoms in total. The first-order chi connectivity index (χ1) is 11.8. The van der Waals surface area contributed by atoms with Gasteiger partial charge in [0, 0.05) is 17.3 Å². The summed E-state index contributed by atoms with van der Waals surface area (Å²) >= 11 is 0. The van der Waals surface area contributed by atoms with Crippen molar-refractivity contribution in [1.29, 1.82) is 0 Å². The second-order valence-corrected chi connectivity index (χ2v) is 6.65. The molecule has 1 amide bonds. The molecule has 3 heterocycles. The third-order valence-electron chi connectivity index (χ3n) is 4.89. The number of anilines is 1. The lowest BCUT2D eigenvalue weighted by molar-refractivity contribution is -0.115. The zero-order valence-electron chi connectivity index (χ0n) is 13.8. The fourth-order valence-electron chi connectivity index (χ4n) is 3.67. The Labute approximate surface area is 142 Å². The van der Waals surface area contributed by atoms with Crippen molar-refractivity contribution in [3.05, 3.63) is 41.9 Å². The molecule has 1 saturated heterocycles. The van der Waals surface area contributed by atoms with E-state index in [1.807, 2.05) is 0 Å². The predicted octanol–water partition coefficient (Wildman–Crippen LogP) is 2.67. The standard InChI is InChI=1S/C19H22N4O/c24-18-11-15-12-20-13-21-19(15)16-6-5-14(10-17(16)22-18)4-3-9-23-7-1-2-8-23/h5-6,10,12-13H,1-4,7-9,11H2,(H,22,24). The summed E-state index contributed by atoms with van der Waals surface area (Å²) in [6, 6.07) is 6.35. The summed E-state index contributed by atoms with van der Waals surface area (Å²) in [6.07, 6.45) is 8.48. The highest BCUT2D eigenvalue weighted by Crippen LogP contribution is 2.32. The second-order valence-electron chi connectivity index (χ2n) is 6.65. The Balaban J connectivity index is 1.53. The smallest absolute Gasteiger partial charge is 0.228 e. The van der Waals surface area contributed by atoms with Gasteiger partial charge in [-0.2, -0.15) is 0 Å². The minimum atomic E-state index is -0.000910. The summed E-state index contributed by atoms with van der Waals surface area (Å²) in [6.45, 7) is 3.66. The molecule has 0 spiro atoms. The number of hydrogen-bond donors (Lipinski definition) is 1. The zero-order valence-corrected chi connectivity index (χ0v) is 13.8. The Kier molecular flexibility index (Phi) is 4.26. The molecule has 0 unspecified atom stereocenters. The number of fused-ring (bicyclic) bond motifs is 3. The van der Waals surface area contributed by atoms with Gasteiger partial charge < -0.3 is 10.2 Å². The van der Waals surface area contributed by atoms with Crippen LogP contribution in [0.5, 0.6) is 0 Å². The minimum absolute atomic E-state index is 0.000910. The zero-order chi connectivity index (χ0) is 16.4. The van der Waals surface area contributed by atoms with E-state index in [0.29, 0.717) is 6.42 Å². The van der Waals surface area contributed by atoms with Crippen LogP contribution in [0.25, 0.3) is 11.3 Å². The maximum Gasteiger partial charge on any atom is 0.228 e. The topological polar surface area (TPSA) is 58.1 Å². The molecule has 1 fully saturated rings. The lowest BCUT2D eigenvalue weighted by Gasteiger charge is -2.15. The van der Waals surface area contributed by atoms with Gasteiger partial charge in [0.1, 0.15) is 6.33 Å². The predicted molar refractivity (Wildman–Crippen MR) is 93.8 cm³/mol. The van der Waals surface area contributed by atoms with Crippen LogP contribution in [0.2, 0.25) is 0 Å². The number of likely N-dealkylation sites (tertiary alicyclic amines) is 1. The second kappa shape index (κ2) is 6.69. The number of aromatic nitrogens is 2. The normalized spacial score (nSPS) is 17.1. The third kappa shape index (κ3) is 3.17. The van der Waals surface area contributed by atoms with Crippen molar-refractivity contribution in [1.82, 2.24) is 14.9 Å². The number of carbonyl (C=O) groups is 1. The Morgan fingerprint density at radius 2 is 2.08 bits per heavy atom. The summed E-state index contributed by atoms with van der Waals surface area (Å²) < 4.78 is 0. The van der Waals surface area contributed by atoms with E-state index in [1.165, 1.54) is 38.0 Å². The van der Waals surface area contributed by atoms with Gasteiger partial charge in [-0.3, -0.25) is 4.79 Å². The van der Waals surface area contributed by atoms with Crippen LogP contribution >= 0.6 is 0 Å². The van der Waals surface area contributed by atoms with Gasteiger partial charge in [0.05, 0.1) is 17.8 Å². The SMILES string of the molecule is O=C1Cc2cncnc2-c2ccc(CCCN3CCCC3)cc2N1. The maximum absolute atomic E-state index is 12.1. The molecule has 4 rings (SSSR count). The summed E-state index contributed by atoms with van der Waals surface area (Å²) in [5, 5.41) is 3.02. The summed E-state index contributed by atoms with van der Waals surface area (Å²) in [5.41, 5.74) is 4.88. The van der Waals surface area contributed by atoms with Gasteiger partial charge in [0.2, 0.25) is 5.91 Å². The van der Waals surface area contributed by atoms with E-state index in [-0.39, 0.29) is 5.91 Å². The molecule has 1 aromatic heterocycles. The molecular formula is C19H22N4O. The van der Waals surface area contributed by atoms with E-state index in [4.69, 9.17) is 0 Å². The van der Waals surface area contributed by atoms with Gasteiger partial charge in [-0.15, -0.1) is 0 Å². The fraction of sp³-hybridized carbons (Fsp3) is 0.421. The van der Waals surface area contributed by atoms with Crippen LogP contribution in [0.4, 0.5) is 5.69 Å². The highest BCUT2D eigenvalue weighted by molar-refractivity contribution is 5.99. The number of rotatable bonds is 4. The van der Waals surface area contributed by atoms with Crippen molar-refractivity contribution in [2.75, 3.05) is 25.0 Å². The molecular weight excluding hydrogens is 300 g/mol. The summed E-state index contributed by atoms with van der Waals surface area (Å²) in [5.74, 6) is -0.000910. The molecule has 2 aromatic rings. The number of aryl methyl sites for hydroxylation is 1. The number of carbonyl (C=O) groups excluding carboxylic acids is 1. The molecule has 124 valence electrons. The molecule has 5 heteroatoms. The molecule has 0 radical (unpaired) electrons. The molecule has 24 heavy (non-hydrogen) atoms. The molecule has 0 saturated carbocycles. The van der Waals surface area contributed by atoms with E-state index in [2.05, 4.69) is 38.4 Å². The van der Waals surface area contributed by atoms with E-state index in [0.717, 1.165) is 35.3 Å². The fourth-order valence-corrected chi connectivity index (χ4v) is 3.67. The van der Waals surface area contributed by atoms with Crippen molar-refractivity contribution in [2.24, 2.45) is 0 Å². The van der Waals surface area contributed by atoms with E-state index in [1.54, 1.807) is 12.5 Å². The quantitative estimate of drug-likeness (QED) is 0.940. The van der Waals surface area contributed by atoms with Crippen molar-refractivity contribution < 1.29 is 4.79 Å². The van der Waals surface area contributed by atoms with Gasteiger partial charge in [0.25, 0.3) is 0 Å². The van der Waals surface area contributed by atoms with Gasteiger partial charge in [-0.05, 0) is 56.9 Å². The number of amides is 1. The Morgan fingerprint density at radius 1 is 1.21 bits per heavy atom. The van der Waals surface area contributed by atoms with E-state index in [9.17, 15) is 4.79 Å². The van der Waals surface area contributed by atoms with Crippen molar-refractivity contribution in [2.45, 2.75) is 32.1 Å². The first kappa shape index (κ1) is 15.3. The average molecular weight is 322 g/mol. The monoisotopic (exact) mass is 322 g/mol. The van der Waals surface area contributed by atoms with Crippen LogP contribution in [-0.4, -0.2) is 40.4 Å². The van der Waals surface area contributed by atoms with Gasteiger partial charge >= 0.3 is 0 Å². The molecule has 2 aliphatic heterocycles.